The van der Waals surface area contributed by atoms with Crippen molar-refractivity contribution in [2.75, 3.05) is 0 Å². The number of para-hydroxylation sites is 3. The van der Waals surface area contributed by atoms with E-state index in [2.05, 4.69) is 154 Å². The molecule has 3 heteroatoms. The third-order valence-corrected chi connectivity index (χ3v) is 8.58. The van der Waals surface area contributed by atoms with Gasteiger partial charge in [-0.05, 0) is 58.8 Å². The van der Waals surface area contributed by atoms with Gasteiger partial charge in [-0.2, -0.15) is 0 Å². The van der Waals surface area contributed by atoms with Gasteiger partial charge in [-0.1, -0.05) is 97.1 Å². The smallest absolute Gasteiger partial charge is 0.0619 e. The molecule has 9 rings (SSSR count). The van der Waals surface area contributed by atoms with Crippen molar-refractivity contribution in [3.8, 4) is 22.5 Å². The Bertz CT molecular complexity index is 2460. The fourth-order valence-corrected chi connectivity index (χ4v) is 6.72. The summed E-state index contributed by atoms with van der Waals surface area (Å²) in [7, 11) is 0. The van der Waals surface area contributed by atoms with Crippen molar-refractivity contribution in [2.45, 2.75) is 0 Å². The zero-order valence-electron chi connectivity index (χ0n) is 22.8. The fourth-order valence-electron chi connectivity index (χ4n) is 6.72. The second-order valence-corrected chi connectivity index (χ2v) is 10.9. The van der Waals surface area contributed by atoms with E-state index in [1.54, 1.807) is 0 Å². The molecule has 0 bridgehead atoms. The third kappa shape index (κ3) is 3.31. The molecular weight excluding hydrogens is 510 g/mol. The van der Waals surface area contributed by atoms with Crippen LogP contribution >= 0.6 is 0 Å². The maximum absolute atomic E-state index is 4.47. The largest absolute Gasteiger partial charge is 0.309 e. The number of fused-ring (bicyclic) bond motifs is 7. The minimum Gasteiger partial charge on any atom is -0.309 e. The van der Waals surface area contributed by atoms with Gasteiger partial charge in [-0.25, -0.2) is 0 Å². The molecular formula is C39H25N3. The zero-order valence-corrected chi connectivity index (χ0v) is 22.8. The average Bonchev–Trinajstić information content (AvgIpc) is 3.58. The number of hydrogen-bond donors (Lipinski definition) is 0. The summed E-state index contributed by atoms with van der Waals surface area (Å²) in [5.74, 6) is 0. The Labute approximate surface area is 242 Å². The summed E-state index contributed by atoms with van der Waals surface area (Å²) in [6.45, 7) is 0. The van der Waals surface area contributed by atoms with E-state index in [-0.39, 0.29) is 0 Å². The van der Waals surface area contributed by atoms with Crippen molar-refractivity contribution < 1.29 is 0 Å². The van der Waals surface area contributed by atoms with Gasteiger partial charge in [-0.3, -0.25) is 4.98 Å². The van der Waals surface area contributed by atoms with Crippen LogP contribution < -0.4 is 0 Å². The molecule has 0 amide bonds. The first-order valence-corrected chi connectivity index (χ1v) is 14.3. The van der Waals surface area contributed by atoms with Crippen molar-refractivity contribution in [1.29, 1.82) is 0 Å². The summed E-state index contributed by atoms with van der Waals surface area (Å²) < 4.78 is 4.79. The van der Waals surface area contributed by atoms with Gasteiger partial charge in [0.1, 0.15) is 0 Å². The third-order valence-electron chi connectivity index (χ3n) is 8.58. The van der Waals surface area contributed by atoms with E-state index in [1.165, 1.54) is 54.6 Å². The molecule has 6 aromatic carbocycles. The van der Waals surface area contributed by atoms with Crippen LogP contribution in [0.2, 0.25) is 0 Å². The van der Waals surface area contributed by atoms with Gasteiger partial charge in [0.05, 0.1) is 22.1 Å². The van der Waals surface area contributed by atoms with E-state index < -0.39 is 0 Å². The average molecular weight is 536 g/mol. The molecule has 0 aliphatic rings. The van der Waals surface area contributed by atoms with Crippen molar-refractivity contribution >= 4 is 54.4 Å². The highest BCUT2D eigenvalue weighted by Gasteiger charge is 2.18. The van der Waals surface area contributed by atoms with Crippen LogP contribution in [0.3, 0.4) is 0 Å². The minimum atomic E-state index is 1.14. The SMILES string of the molecule is c1ccc(-n2c3ccncc3c3ccc(-c4cccc5c6ccccc6n(-c6ccc7ccccc7c6)c45)cc32)cc1. The number of nitrogens with zero attached hydrogens (tertiary/aromatic N) is 3. The van der Waals surface area contributed by atoms with E-state index in [4.69, 9.17) is 0 Å². The van der Waals surface area contributed by atoms with Gasteiger partial charge in [0.15, 0.2) is 0 Å². The Hall–Kier alpha value is -5.67. The van der Waals surface area contributed by atoms with Crippen LogP contribution in [0.5, 0.6) is 0 Å². The molecule has 3 heterocycles. The first-order valence-electron chi connectivity index (χ1n) is 14.3. The molecule has 42 heavy (non-hydrogen) atoms. The Morgan fingerprint density at radius 3 is 2.12 bits per heavy atom. The van der Waals surface area contributed by atoms with E-state index in [9.17, 15) is 0 Å². The highest BCUT2D eigenvalue weighted by atomic mass is 15.0. The molecule has 0 aliphatic heterocycles. The van der Waals surface area contributed by atoms with Crippen LogP contribution in [0.1, 0.15) is 0 Å². The van der Waals surface area contributed by atoms with Crippen molar-refractivity contribution in [3.63, 3.8) is 0 Å². The van der Waals surface area contributed by atoms with Crippen LogP contribution in [-0.4, -0.2) is 14.1 Å². The molecule has 3 aromatic heterocycles. The lowest BCUT2D eigenvalue weighted by Crippen LogP contribution is -1.96. The van der Waals surface area contributed by atoms with Gasteiger partial charge >= 0.3 is 0 Å². The van der Waals surface area contributed by atoms with Gasteiger partial charge in [0.25, 0.3) is 0 Å². The molecule has 3 nitrogen and oxygen atoms in total. The molecule has 196 valence electrons. The number of aromatic nitrogens is 3. The highest BCUT2D eigenvalue weighted by molar-refractivity contribution is 6.15. The molecule has 0 spiro atoms. The molecule has 0 saturated carbocycles. The van der Waals surface area contributed by atoms with Gasteiger partial charge < -0.3 is 9.13 Å². The van der Waals surface area contributed by atoms with Crippen LogP contribution in [0, 0.1) is 0 Å². The lowest BCUT2D eigenvalue weighted by molar-refractivity contribution is 1.17. The van der Waals surface area contributed by atoms with Gasteiger partial charge in [-0.15, -0.1) is 0 Å². The normalized spacial score (nSPS) is 11.8. The predicted molar refractivity (Wildman–Crippen MR) is 176 cm³/mol. The van der Waals surface area contributed by atoms with E-state index >= 15 is 0 Å². The summed E-state index contributed by atoms with van der Waals surface area (Å²) in [5.41, 5.74) is 9.46. The van der Waals surface area contributed by atoms with Crippen LogP contribution in [0.4, 0.5) is 0 Å². The molecule has 0 saturated heterocycles. The summed E-state index contributed by atoms with van der Waals surface area (Å²) in [6, 6.07) is 50.4. The summed E-state index contributed by atoms with van der Waals surface area (Å²) in [5, 5.41) is 7.35. The van der Waals surface area contributed by atoms with Crippen LogP contribution in [-0.2, 0) is 0 Å². The van der Waals surface area contributed by atoms with Gasteiger partial charge in [0.2, 0.25) is 0 Å². The molecule has 9 aromatic rings. The first-order chi connectivity index (χ1) is 20.8. The lowest BCUT2D eigenvalue weighted by Gasteiger charge is -2.13. The molecule has 0 aliphatic carbocycles. The Morgan fingerprint density at radius 2 is 1.19 bits per heavy atom. The Kier molecular flexibility index (Phi) is 4.90. The molecule has 0 radical (unpaired) electrons. The number of benzene rings is 6. The fraction of sp³-hybridized carbons (Fsp3) is 0. The predicted octanol–water partition coefficient (Wildman–Crippen LogP) is 10.1. The van der Waals surface area contributed by atoms with Gasteiger partial charge in [0, 0.05) is 50.9 Å². The maximum Gasteiger partial charge on any atom is 0.0619 e. The topological polar surface area (TPSA) is 22.8 Å². The Balaban J connectivity index is 1.37. The van der Waals surface area contributed by atoms with Crippen molar-refractivity contribution in [2.24, 2.45) is 0 Å². The maximum atomic E-state index is 4.47. The second kappa shape index (κ2) is 8.92. The lowest BCUT2D eigenvalue weighted by atomic mass is 10.0. The summed E-state index contributed by atoms with van der Waals surface area (Å²) in [4.78, 5) is 4.47. The van der Waals surface area contributed by atoms with E-state index in [1.807, 2.05) is 12.4 Å². The highest BCUT2D eigenvalue weighted by Crippen LogP contribution is 2.40. The van der Waals surface area contributed by atoms with Crippen molar-refractivity contribution in [3.05, 3.63) is 152 Å². The van der Waals surface area contributed by atoms with Crippen molar-refractivity contribution in [1.82, 2.24) is 14.1 Å². The minimum absolute atomic E-state index is 1.14. The molecule has 0 unspecified atom stereocenters. The monoisotopic (exact) mass is 535 g/mol. The molecule has 0 fully saturated rings. The summed E-state index contributed by atoms with van der Waals surface area (Å²) >= 11 is 0. The van der Waals surface area contributed by atoms with E-state index in [0.717, 1.165) is 22.3 Å². The Morgan fingerprint density at radius 1 is 0.429 bits per heavy atom. The van der Waals surface area contributed by atoms with E-state index in [0.29, 0.717) is 0 Å². The first kappa shape index (κ1) is 23.1. The number of pyridine rings is 1. The van der Waals surface area contributed by atoms with Crippen LogP contribution in [0.25, 0.3) is 76.9 Å². The quantitative estimate of drug-likeness (QED) is 0.221. The number of hydrogen-bond acceptors (Lipinski definition) is 1. The second-order valence-electron chi connectivity index (χ2n) is 10.9. The zero-order chi connectivity index (χ0) is 27.6. The van der Waals surface area contributed by atoms with Crippen LogP contribution in [0.15, 0.2) is 152 Å². The standard InChI is InChI=1S/C39H25N3/c1-2-11-29(12-3-1)41-37-21-22-40-25-35(37)33-20-18-28(24-38(33)41)31-14-8-15-34-32-13-6-7-16-36(32)42(39(31)34)30-19-17-26-9-4-5-10-27(26)23-30/h1-25H. The molecule has 0 atom stereocenters. The number of rotatable bonds is 3. The summed E-state index contributed by atoms with van der Waals surface area (Å²) in [6.07, 6.45) is 3.86. The molecule has 0 N–H and O–H groups in total.